The summed E-state index contributed by atoms with van der Waals surface area (Å²) in [6, 6.07) is 6.69. The maximum atomic E-state index is 9.70. The lowest BCUT2D eigenvalue weighted by Crippen LogP contribution is -2.03. The van der Waals surface area contributed by atoms with E-state index in [9.17, 15) is 15.3 Å². The van der Waals surface area contributed by atoms with Crippen molar-refractivity contribution in [2.45, 2.75) is 20.4 Å². The van der Waals surface area contributed by atoms with Crippen LogP contribution in [0.15, 0.2) is 24.3 Å². The highest BCUT2D eigenvalue weighted by molar-refractivity contribution is 5.55. The van der Waals surface area contributed by atoms with Gasteiger partial charge in [0.15, 0.2) is 11.5 Å². The molecule has 0 aliphatic carbocycles. The smallest absolute Gasteiger partial charge is 0.200 e. The lowest BCUT2D eigenvalue weighted by atomic mass is 10.1. The average Bonchev–Trinajstić information content (AvgIpc) is 2.37. The van der Waals surface area contributed by atoms with Gasteiger partial charge in [-0.1, -0.05) is 0 Å². The number of phenolic OH excluding ortho intramolecular Hbond substituents is 3. The predicted molar refractivity (Wildman–Crippen MR) is 72.5 cm³/mol. The molecule has 0 aliphatic rings. The second-order valence-electron chi connectivity index (χ2n) is 4.38. The summed E-state index contributed by atoms with van der Waals surface area (Å²) in [5.41, 5.74) is 3.16. The summed E-state index contributed by atoms with van der Waals surface area (Å²) in [5, 5.41) is 31.5. The van der Waals surface area contributed by atoms with E-state index in [1.807, 2.05) is 26.0 Å². The van der Waals surface area contributed by atoms with E-state index in [2.05, 4.69) is 10.3 Å². The molecule has 4 N–H and O–H groups in total. The van der Waals surface area contributed by atoms with Gasteiger partial charge in [0.2, 0.25) is 5.75 Å². The van der Waals surface area contributed by atoms with Crippen LogP contribution in [0.3, 0.4) is 0 Å². The van der Waals surface area contributed by atoms with Gasteiger partial charge in [-0.15, -0.1) is 0 Å². The van der Waals surface area contributed by atoms with Crippen molar-refractivity contribution in [1.29, 1.82) is 0 Å². The van der Waals surface area contributed by atoms with Crippen LogP contribution in [-0.2, 0) is 6.54 Å². The summed E-state index contributed by atoms with van der Waals surface area (Å²) in [4.78, 5) is 4.33. The number of pyridine rings is 1. The van der Waals surface area contributed by atoms with Crippen LogP contribution in [0, 0.1) is 13.8 Å². The van der Waals surface area contributed by atoms with Gasteiger partial charge in [-0.05, 0) is 38.1 Å². The number of nitrogens with zero attached hydrogens (tertiary/aromatic N) is 1. The summed E-state index contributed by atoms with van der Waals surface area (Å²) < 4.78 is 0. The summed E-state index contributed by atoms with van der Waals surface area (Å²) in [6.45, 7) is 4.13. The van der Waals surface area contributed by atoms with Crippen LogP contribution in [0.1, 0.15) is 17.0 Å². The lowest BCUT2D eigenvalue weighted by Gasteiger charge is -2.11. The number of hydrogen-bond donors (Lipinski definition) is 4. The molecule has 0 radical (unpaired) electrons. The standard InChI is InChI=1S/C14H16N2O3/c1-8-3-5-11(9(2)16-8)15-7-10-4-6-12(17)14(19)13(10)18/h3-6,15,17-19H,7H2,1-2H3. The minimum absolute atomic E-state index is 0.315. The van der Waals surface area contributed by atoms with Gasteiger partial charge < -0.3 is 20.6 Å². The molecule has 0 saturated heterocycles. The predicted octanol–water partition coefficient (Wildman–Crippen LogP) is 2.43. The van der Waals surface area contributed by atoms with Crippen LogP contribution in [0.5, 0.6) is 17.2 Å². The molecular formula is C14H16N2O3. The van der Waals surface area contributed by atoms with Crippen LogP contribution in [0.4, 0.5) is 5.69 Å². The van der Waals surface area contributed by atoms with Gasteiger partial charge in [-0.3, -0.25) is 4.98 Å². The average molecular weight is 260 g/mol. The molecule has 0 saturated carbocycles. The SMILES string of the molecule is Cc1ccc(NCc2ccc(O)c(O)c2O)c(C)n1. The molecule has 19 heavy (non-hydrogen) atoms. The monoisotopic (exact) mass is 260 g/mol. The maximum absolute atomic E-state index is 9.70. The number of aromatic hydroxyl groups is 3. The summed E-state index contributed by atoms with van der Waals surface area (Å²) in [7, 11) is 0. The molecule has 100 valence electrons. The van der Waals surface area contributed by atoms with Crippen LogP contribution < -0.4 is 5.32 Å². The van der Waals surface area contributed by atoms with Gasteiger partial charge in [0, 0.05) is 17.8 Å². The van der Waals surface area contributed by atoms with E-state index in [0.29, 0.717) is 12.1 Å². The highest BCUT2D eigenvalue weighted by atomic mass is 16.3. The van der Waals surface area contributed by atoms with Gasteiger partial charge in [0.25, 0.3) is 0 Å². The van der Waals surface area contributed by atoms with Crippen molar-refractivity contribution in [1.82, 2.24) is 4.98 Å². The number of hydrogen-bond acceptors (Lipinski definition) is 5. The minimum atomic E-state index is -0.502. The lowest BCUT2D eigenvalue weighted by molar-refractivity contribution is 0.365. The Labute approximate surface area is 111 Å². The van der Waals surface area contributed by atoms with Crippen molar-refractivity contribution in [3.63, 3.8) is 0 Å². The van der Waals surface area contributed by atoms with Gasteiger partial charge in [0.05, 0.1) is 11.4 Å². The molecule has 5 heteroatoms. The first-order chi connectivity index (χ1) is 8.99. The zero-order valence-corrected chi connectivity index (χ0v) is 10.8. The van der Waals surface area contributed by atoms with Crippen molar-refractivity contribution in [3.05, 3.63) is 41.2 Å². The van der Waals surface area contributed by atoms with Crippen molar-refractivity contribution in [3.8, 4) is 17.2 Å². The van der Waals surface area contributed by atoms with E-state index >= 15 is 0 Å². The van der Waals surface area contributed by atoms with E-state index in [1.165, 1.54) is 6.07 Å². The molecule has 0 amide bonds. The molecule has 1 heterocycles. The second-order valence-corrected chi connectivity index (χ2v) is 4.38. The maximum Gasteiger partial charge on any atom is 0.200 e. The van der Waals surface area contributed by atoms with Crippen molar-refractivity contribution >= 4 is 5.69 Å². The van der Waals surface area contributed by atoms with Crippen LogP contribution >= 0.6 is 0 Å². The molecule has 1 aromatic carbocycles. The van der Waals surface area contributed by atoms with E-state index in [4.69, 9.17) is 0 Å². The Hall–Kier alpha value is -2.43. The van der Waals surface area contributed by atoms with Gasteiger partial charge in [0.1, 0.15) is 0 Å². The zero-order valence-electron chi connectivity index (χ0n) is 10.8. The summed E-state index contributed by atoms with van der Waals surface area (Å²) in [6.07, 6.45) is 0. The quantitative estimate of drug-likeness (QED) is 0.637. The first kappa shape index (κ1) is 13.0. The second kappa shape index (κ2) is 5.06. The van der Waals surface area contributed by atoms with Crippen molar-refractivity contribution < 1.29 is 15.3 Å². The number of nitrogens with one attached hydrogen (secondary N) is 1. The van der Waals surface area contributed by atoms with E-state index in [1.54, 1.807) is 6.07 Å². The Balaban J connectivity index is 2.17. The number of phenols is 3. The number of anilines is 1. The number of rotatable bonds is 3. The molecule has 0 atom stereocenters. The highest BCUT2D eigenvalue weighted by Gasteiger charge is 2.11. The fourth-order valence-corrected chi connectivity index (χ4v) is 1.82. The largest absolute Gasteiger partial charge is 0.504 e. The minimum Gasteiger partial charge on any atom is -0.504 e. The molecule has 5 nitrogen and oxygen atoms in total. The Kier molecular flexibility index (Phi) is 3.46. The van der Waals surface area contributed by atoms with E-state index < -0.39 is 5.75 Å². The van der Waals surface area contributed by atoms with Crippen LogP contribution in [0.25, 0.3) is 0 Å². The van der Waals surface area contributed by atoms with Gasteiger partial charge in [-0.2, -0.15) is 0 Å². The van der Waals surface area contributed by atoms with E-state index in [0.717, 1.165) is 17.1 Å². The number of aryl methyl sites for hydroxylation is 2. The zero-order chi connectivity index (χ0) is 14.0. The Morgan fingerprint density at radius 2 is 1.74 bits per heavy atom. The molecule has 0 aliphatic heterocycles. The molecule has 1 aromatic heterocycles. The summed E-state index contributed by atoms with van der Waals surface area (Å²) >= 11 is 0. The first-order valence-electron chi connectivity index (χ1n) is 5.90. The molecule has 0 spiro atoms. The molecule has 0 bridgehead atoms. The topological polar surface area (TPSA) is 85.6 Å². The molecule has 2 aromatic rings. The van der Waals surface area contributed by atoms with E-state index in [-0.39, 0.29) is 11.5 Å². The third-order valence-electron chi connectivity index (χ3n) is 2.91. The Morgan fingerprint density at radius 3 is 2.42 bits per heavy atom. The fourth-order valence-electron chi connectivity index (χ4n) is 1.82. The van der Waals surface area contributed by atoms with Gasteiger partial charge >= 0.3 is 0 Å². The third-order valence-corrected chi connectivity index (χ3v) is 2.91. The fraction of sp³-hybridized carbons (Fsp3) is 0.214. The van der Waals surface area contributed by atoms with Crippen LogP contribution in [0.2, 0.25) is 0 Å². The van der Waals surface area contributed by atoms with Gasteiger partial charge in [-0.25, -0.2) is 0 Å². The van der Waals surface area contributed by atoms with Crippen molar-refractivity contribution in [2.75, 3.05) is 5.32 Å². The Bertz CT molecular complexity index is 612. The Morgan fingerprint density at radius 1 is 1.00 bits per heavy atom. The summed E-state index contributed by atoms with van der Waals surface area (Å²) in [5.74, 6) is -1.15. The molecular weight excluding hydrogens is 244 g/mol. The van der Waals surface area contributed by atoms with Crippen LogP contribution in [-0.4, -0.2) is 20.3 Å². The normalized spacial score (nSPS) is 10.4. The molecule has 0 unspecified atom stereocenters. The van der Waals surface area contributed by atoms with Crippen molar-refractivity contribution in [2.24, 2.45) is 0 Å². The molecule has 0 fully saturated rings. The number of aromatic nitrogens is 1. The third kappa shape index (κ3) is 2.70. The molecule has 2 rings (SSSR count). The highest BCUT2D eigenvalue weighted by Crippen LogP contribution is 2.37. The number of benzene rings is 1. The first-order valence-corrected chi connectivity index (χ1v) is 5.90.